The van der Waals surface area contributed by atoms with Crippen LogP contribution < -0.4 is 5.32 Å². The van der Waals surface area contributed by atoms with E-state index in [0.717, 1.165) is 31.9 Å². The van der Waals surface area contributed by atoms with E-state index in [-0.39, 0.29) is 0 Å². The van der Waals surface area contributed by atoms with Crippen LogP contribution in [0.4, 0.5) is 0 Å². The third-order valence-electron chi connectivity index (χ3n) is 2.78. The molecule has 1 N–H and O–H groups in total. The van der Waals surface area contributed by atoms with Gasteiger partial charge in [0.15, 0.2) is 5.82 Å². The summed E-state index contributed by atoms with van der Waals surface area (Å²) in [5.74, 6) is 2.23. The highest BCUT2D eigenvalue weighted by Crippen LogP contribution is 2.06. The maximum absolute atomic E-state index is 4.05. The lowest BCUT2D eigenvalue weighted by Gasteiger charge is -2.05. The van der Waals surface area contributed by atoms with Crippen molar-refractivity contribution in [1.82, 2.24) is 25.5 Å². The first kappa shape index (κ1) is 15.4. The fourth-order valence-electron chi connectivity index (χ4n) is 1.76. The summed E-state index contributed by atoms with van der Waals surface area (Å²) in [6.45, 7) is 4.88. The highest BCUT2D eigenvalue weighted by molar-refractivity contribution is 7.98. The van der Waals surface area contributed by atoms with Crippen molar-refractivity contribution in [2.75, 3.05) is 18.6 Å². The Hall–Kier alpha value is -0.620. The van der Waals surface area contributed by atoms with Crippen LogP contribution in [0.1, 0.15) is 44.9 Å². The van der Waals surface area contributed by atoms with Crippen LogP contribution >= 0.6 is 11.8 Å². The number of aromatic nitrogens is 4. The molecule has 18 heavy (non-hydrogen) atoms. The average molecular weight is 271 g/mol. The fraction of sp³-hybridized carbons (Fsp3) is 0.917. The van der Waals surface area contributed by atoms with Crippen LogP contribution in [0, 0.1) is 0 Å². The Labute approximate surface area is 114 Å². The molecule has 1 aromatic rings. The van der Waals surface area contributed by atoms with Gasteiger partial charge in [0.05, 0.1) is 6.54 Å². The number of nitrogens with zero attached hydrogens (tertiary/aromatic N) is 4. The van der Waals surface area contributed by atoms with E-state index >= 15 is 0 Å². The quantitative estimate of drug-likeness (QED) is 0.625. The molecule has 0 bridgehead atoms. The fourth-order valence-corrected chi connectivity index (χ4v) is 2.25. The van der Waals surface area contributed by atoms with Crippen molar-refractivity contribution in [2.24, 2.45) is 0 Å². The minimum Gasteiger partial charge on any atom is -0.310 e. The van der Waals surface area contributed by atoms with Gasteiger partial charge in [0, 0.05) is 6.54 Å². The molecule has 0 unspecified atom stereocenters. The first-order valence-corrected chi connectivity index (χ1v) is 8.22. The molecule has 1 heterocycles. The highest BCUT2D eigenvalue weighted by atomic mass is 32.2. The van der Waals surface area contributed by atoms with E-state index in [9.17, 15) is 0 Å². The molecular weight excluding hydrogens is 246 g/mol. The number of unbranched alkanes of at least 4 members (excludes halogenated alkanes) is 3. The van der Waals surface area contributed by atoms with Gasteiger partial charge in [0.1, 0.15) is 0 Å². The van der Waals surface area contributed by atoms with Gasteiger partial charge in [0.2, 0.25) is 0 Å². The summed E-state index contributed by atoms with van der Waals surface area (Å²) in [6.07, 6.45) is 8.37. The number of hydrogen-bond acceptors (Lipinski definition) is 5. The molecule has 0 aliphatic carbocycles. The van der Waals surface area contributed by atoms with Gasteiger partial charge in [-0.15, -0.1) is 5.10 Å². The molecule has 0 aliphatic rings. The molecule has 1 rings (SSSR count). The molecule has 6 heteroatoms. The molecule has 5 nitrogen and oxygen atoms in total. The van der Waals surface area contributed by atoms with Gasteiger partial charge in [0.25, 0.3) is 0 Å². The summed E-state index contributed by atoms with van der Waals surface area (Å²) in [4.78, 5) is 0. The predicted molar refractivity (Wildman–Crippen MR) is 76.7 cm³/mol. The van der Waals surface area contributed by atoms with Gasteiger partial charge in [-0.2, -0.15) is 11.8 Å². The second kappa shape index (κ2) is 10.3. The van der Waals surface area contributed by atoms with Crippen molar-refractivity contribution in [1.29, 1.82) is 0 Å². The number of tetrazole rings is 1. The van der Waals surface area contributed by atoms with Crippen LogP contribution in [0.25, 0.3) is 0 Å². The standard InChI is InChI=1S/C12H25N5S/c1-3-8-13-11-12-14-15-16-17(12)9-6-4-5-7-10-18-2/h13H,3-11H2,1-2H3. The Morgan fingerprint density at radius 2 is 2.06 bits per heavy atom. The van der Waals surface area contributed by atoms with E-state index in [1.165, 1.54) is 31.4 Å². The summed E-state index contributed by atoms with van der Waals surface area (Å²) >= 11 is 1.93. The van der Waals surface area contributed by atoms with Crippen LogP contribution in [0.5, 0.6) is 0 Å². The highest BCUT2D eigenvalue weighted by Gasteiger charge is 2.04. The van der Waals surface area contributed by atoms with Crippen molar-refractivity contribution in [3.8, 4) is 0 Å². The number of nitrogens with one attached hydrogen (secondary N) is 1. The minimum atomic E-state index is 0.771. The minimum absolute atomic E-state index is 0.771. The van der Waals surface area contributed by atoms with Gasteiger partial charge in [-0.3, -0.25) is 0 Å². The summed E-state index contributed by atoms with van der Waals surface area (Å²) in [5.41, 5.74) is 0. The van der Waals surface area contributed by atoms with Gasteiger partial charge >= 0.3 is 0 Å². The van der Waals surface area contributed by atoms with E-state index in [4.69, 9.17) is 0 Å². The summed E-state index contributed by atoms with van der Waals surface area (Å²) in [7, 11) is 0. The van der Waals surface area contributed by atoms with Crippen molar-refractivity contribution < 1.29 is 0 Å². The molecule has 0 aliphatic heterocycles. The van der Waals surface area contributed by atoms with Crippen LogP contribution in [-0.4, -0.2) is 38.8 Å². The van der Waals surface area contributed by atoms with E-state index in [1.54, 1.807) is 0 Å². The van der Waals surface area contributed by atoms with Crippen molar-refractivity contribution >= 4 is 11.8 Å². The Morgan fingerprint density at radius 3 is 2.83 bits per heavy atom. The first-order chi connectivity index (χ1) is 8.88. The Kier molecular flexibility index (Phi) is 8.85. The average Bonchev–Trinajstić information content (AvgIpc) is 2.82. The Balaban J connectivity index is 2.15. The van der Waals surface area contributed by atoms with Crippen molar-refractivity contribution in [3.63, 3.8) is 0 Å². The van der Waals surface area contributed by atoms with Crippen LogP contribution in [-0.2, 0) is 13.1 Å². The SMILES string of the molecule is CCCNCc1nnnn1CCCCCCSC. The molecule has 0 atom stereocenters. The van der Waals surface area contributed by atoms with E-state index in [2.05, 4.69) is 34.0 Å². The van der Waals surface area contributed by atoms with Gasteiger partial charge < -0.3 is 5.32 Å². The molecular formula is C12H25N5S. The van der Waals surface area contributed by atoms with Crippen molar-refractivity contribution in [2.45, 2.75) is 52.1 Å². The maximum atomic E-state index is 4.05. The molecule has 0 radical (unpaired) electrons. The zero-order valence-corrected chi connectivity index (χ0v) is 12.4. The third kappa shape index (κ3) is 6.35. The number of thioether (sulfide) groups is 1. The van der Waals surface area contributed by atoms with E-state index < -0.39 is 0 Å². The molecule has 0 spiro atoms. The topological polar surface area (TPSA) is 55.6 Å². The van der Waals surface area contributed by atoms with E-state index in [1.807, 2.05) is 16.4 Å². The first-order valence-electron chi connectivity index (χ1n) is 6.83. The van der Waals surface area contributed by atoms with E-state index in [0.29, 0.717) is 0 Å². The molecule has 0 amide bonds. The Bertz CT molecular complexity index is 302. The number of aryl methyl sites for hydroxylation is 1. The van der Waals surface area contributed by atoms with Gasteiger partial charge in [-0.05, 0) is 48.2 Å². The molecule has 0 aromatic carbocycles. The molecule has 0 fully saturated rings. The Morgan fingerprint density at radius 1 is 1.22 bits per heavy atom. The molecule has 0 saturated heterocycles. The lowest BCUT2D eigenvalue weighted by molar-refractivity contribution is 0.500. The monoisotopic (exact) mass is 271 g/mol. The maximum Gasteiger partial charge on any atom is 0.165 e. The zero-order chi connectivity index (χ0) is 13.1. The lowest BCUT2D eigenvalue weighted by atomic mass is 10.2. The molecule has 1 aromatic heterocycles. The second-order valence-corrected chi connectivity index (χ2v) is 5.39. The van der Waals surface area contributed by atoms with Gasteiger partial charge in [-0.1, -0.05) is 19.8 Å². The summed E-state index contributed by atoms with van der Waals surface area (Å²) < 4.78 is 1.93. The predicted octanol–water partition coefficient (Wildman–Crippen LogP) is 2.10. The normalized spacial score (nSPS) is 11.0. The third-order valence-corrected chi connectivity index (χ3v) is 3.48. The lowest BCUT2D eigenvalue weighted by Crippen LogP contribution is -2.18. The summed E-state index contributed by atoms with van der Waals surface area (Å²) in [5, 5.41) is 15.2. The van der Waals surface area contributed by atoms with Crippen molar-refractivity contribution in [3.05, 3.63) is 5.82 Å². The number of rotatable bonds is 11. The summed E-state index contributed by atoms with van der Waals surface area (Å²) in [6, 6.07) is 0. The largest absolute Gasteiger partial charge is 0.310 e. The molecule has 0 saturated carbocycles. The van der Waals surface area contributed by atoms with Crippen LogP contribution in [0.2, 0.25) is 0 Å². The molecule has 104 valence electrons. The zero-order valence-electron chi connectivity index (χ0n) is 11.6. The van der Waals surface area contributed by atoms with Crippen LogP contribution in [0.15, 0.2) is 0 Å². The second-order valence-electron chi connectivity index (χ2n) is 4.40. The van der Waals surface area contributed by atoms with Crippen LogP contribution in [0.3, 0.4) is 0 Å². The number of hydrogen-bond donors (Lipinski definition) is 1. The van der Waals surface area contributed by atoms with Gasteiger partial charge in [-0.25, -0.2) is 4.68 Å². The smallest absolute Gasteiger partial charge is 0.165 e.